The van der Waals surface area contributed by atoms with Gasteiger partial charge in [0.2, 0.25) is 0 Å². The molecule has 4 nitrogen and oxygen atoms in total. The van der Waals surface area contributed by atoms with Crippen molar-refractivity contribution in [2.75, 3.05) is 19.8 Å². The molecule has 0 spiro atoms. The Morgan fingerprint density at radius 3 is 2.87 bits per heavy atom. The summed E-state index contributed by atoms with van der Waals surface area (Å²) in [6.07, 6.45) is -0.963. The van der Waals surface area contributed by atoms with E-state index in [4.69, 9.17) is 0 Å². The molecule has 0 aromatic carbocycles. The van der Waals surface area contributed by atoms with Crippen molar-refractivity contribution in [1.29, 1.82) is 0 Å². The van der Waals surface area contributed by atoms with Gasteiger partial charge in [0.15, 0.2) is 0 Å². The Kier molecular flexibility index (Phi) is 4.57. The van der Waals surface area contributed by atoms with E-state index in [2.05, 4.69) is 20.0 Å². The van der Waals surface area contributed by atoms with E-state index in [-0.39, 0.29) is 6.61 Å². The summed E-state index contributed by atoms with van der Waals surface area (Å²) in [4.78, 5) is 6.79. The summed E-state index contributed by atoms with van der Waals surface area (Å²) in [7, 11) is 0. The number of aromatic amines is 1. The Labute approximate surface area is 84.8 Å². The van der Waals surface area contributed by atoms with Gasteiger partial charge >= 0.3 is 6.18 Å². The minimum Gasteiger partial charge on any atom is -0.371 e. The molecule has 2 N–H and O–H groups in total. The van der Waals surface area contributed by atoms with Crippen molar-refractivity contribution in [1.82, 2.24) is 15.3 Å². The van der Waals surface area contributed by atoms with Crippen LogP contribution in [0.1, 0.15) is 5.82 Å². The molecular weight excluding hydrogens is 211 g/mol. The second-order valence-electron chi connectivity index (χ2n) is 2.88. The largest absolute Gasteiger partial charge is 0.411 e. The zero-order valence-electron chi connectivity index (χ0n) is 7.97. The predicted octanol–water partition coefficient (Wildman–Crippen LogP) is 1.08. The topological polar surface area (TPSA) is 49.9 Å². The van der Waals surface area contributed by atoms with Crippen LogP contribution in [0, 0.1) is 0 Å². The molecule has 1 rings (SSSR count). The second-order valence-corrected chi connectivity index (χ2v) is 2.88. The van der Waals surface area contributed by atoms with Crippen molar-refractivity contribution in [2.24, 2.45) is 0 Å². The molecule has 0 atom stereocenters. The lowest BCUT2D eigenvalue weighted by atomic mass is 10.5. The molecule has 0 aliphatic heterocycles. The molecule has 1 aromatic heterocycles. The number of hydrogen-bond donors (Lipinski definition) is 2. The van der Waals surface area contributed by atoms with Gasteiger partial charge in [-0.05, 0) is 0 Å². The fraction of sp³-hybridized carbons (Fsp3) is 0.625. The quantitative estimate of drug-likeness (QED) is 0.709. The molecule has 15 heavy (non-hydrogen) atoms. The summed E-state index contributed by atoms with van der Waals surface area (Å²) in [6.45, 7) is -0.325. The third-order valence-corrected chi connectivity index (χ3v) is 1.54. The van der Waals surface area contributed by atoms with Crippen LogP contribution in [0.2, 0.25) is 0 Å². The number of aromatic nitrogens is 2. The summed E-state index contributed by atoms with van der Waals surface area (Å²) in [5.74, 6) is 0.742. The van der Waals surface area contributed by atoms with Crippen LogP contribution in [-0.2, 0) is 11.3 Å². The maximum Gasteiger partial charge on any atom is 0.411 e. The standard InChI is InChI=1S/C8H12F3N3O/c9-8(10,11)6-15-4-3-12-5-7-13-1-2-14-7/h1-2,12H,3-6H2,(H,13,14). The summed E-state index contributed by atoms with van der Waals surface area (Å²) < 4.78 is 39.3. The molecule has 0 unspecified atom stereocenters. The van der Waals surface area contributed by atoms with Crippen LogP contribution in [0.15, 0.2) is 12.4 Å². The molecule has 0 fully saturated rings. The van der Waals surface area contributed by atoms with Crippen molar-refractivity contribution in [3.63, 3.8) is 0 Å². The van der Waals surface area contributed by atoms with Crippen LogP contribution in [0.4, 0.5) is 13.2 Å². The number of ether oxygens (including phenoxy) is 1. The highest BCUT2D eigenvalue weighted by Gasteiger charge is 2.27. The van der Waals surface area contributed by atoms with Crippen LogP contribution in [0.3, 0.4) is 0 Å². The summed E-state index contributed by atoms with van der Waals surface area (Å²) in [5, 5.41) is 2.89. The van der Waals surface area contributed by atoms with E-state index in [1.165, 1.54) is 0 Å². The van der Waals surface area contributed by atoms with Crippen molar-refractivity contribution in [3.8, 4) is 0 Å². The Hall–Kier alpha value is -1.08. The highest BCUT2D eigenvalue weighted by Crippen LogP contribution is 2.13. The summed E-state index contributed by atoms with van der Waals surface area (Å²) in [5.41, 5.74) is 0. The molecular formula is C8H12F3N3O. The summed E-state index contributed by atoms with van der Waals surface area (Å²) >= 11 is 0. The molecule has 1 aromatic rings. The maximum atomic E-state index is 11.6. The normalized spacial score (nSPS) is 11.9. The third-order valence-electron chi connectivity index (χ3n) is 1.54. The predicted molar refractivity (Wildman–Crippen MR) is 47.2 cm³/mol. The average molecular weight is 223 g/mol. The maximum absolute atomic E-state index is 11.6. The van der Waals surface area contributed by atoms with Gasteiger partial charge < -0.3 is 15.0 Å². The fourth-order valence-corrected chi connectivity index (χ4v) is 0.934. The van der Waals surface area contributed by atoms with Gasteiger partial charge in [-0.15, -0.1) is 0 Å². The molecule has 0 amide bonds. The van der Waals surface area contributed by atoms with Gasteiger partial charge in [-0.2, -0.15) is 13.2 Å². The van der Waals surface area contributed by atoms with Crippen LogP contribution in [0.5, 0.6) is 0 Å². The third kappa shape index (κ3) is 6.08. The zero-order chi connectivity index (χ0) is 11.1. The molecule has 0 saturated heterocycles. The number of rotatable bonds is 6. The second kappa shape index (κ2) is 5.72. The van der Waals surface area contributed by atoms with E-state index in [0.29, 0.717) is 13.1 Å². The Bertz CT molecular complexity index is 261. The first-order chi connectivity index (χ1) is 7.08. The Balaban J connectivity index is 1.94. The van der Waals surface area contributed by atoms with Crippen molar-refractivity contribution in [3.05, 3.63) is 18.2 Å². The minimum absolute atomic E-state index is 0.0280. The summed E-state index contributed by atoms with van der Waals surface area (Å²) in [6, 6.07) is 0. The minimum atomic E-state index is -4.25. The molecule has 86 valence electrons. The Morgan fingerprint density at radius 1 is 1.47 bits per heavy atom. The number of nitrogens with zero attached hydrogens (tertiary/aromatic N) is 1. The highest BCUT2D eigenvalue weighted by molar-refractivity contribution is 4.85. The van der Waals surface area contributed by atoms with Gasteiger partial charge in [-0.25, -0.2) is 4.98 Å². The van der Waals surface area contributed by atoms with E-state index in [1.807, 2.05) is 0 Å². The zero-order valence-corrected chi connectivity index (χ0v) is 7.97. The first-order valence-electron chi connectivity index (χ1n) is 4.41. The number of H-pyrrole nitrogens is 1. The van der Waals surface area contributed by atoms with Gasteiger partial charge in [-0.1, -0.05) is 0 Å². The molecule has 1 heterocycles. The molecule has 0 aliphatic rings. The van der Waals surface area contributed by atoms with E-state index < -0.39 is 12.8 Å². The number of halogens is 3. The van der Waals surface area contributed by atoms with E-state index in [1.54, 1.807) is 12.4 Å². The molecule has 0 saturated carbocycles. The SMILES string of the molecule is FC(F)(F)COCCNCc1ncc[nH]1. The lowest BCUT2D eigenvalue weighted by Crippen LogP contribution is -2.23. The smallest absolute Gasteiger partial charge is 0.371 e. The number of hydrogen-bond acceptors (Lipinski definition) is 3. The first-order valence-corrected chi connectivity index (χ1v) is 4.41. The van der Waals surface area contributed by atoms with Crippen LogP contribution < -0.4 is 5.32 Å². The van der Waals surface area contributed by atoms with Crippen molar-refractivity contribution in [2.45, 2.75) is 12.7 Å². The number of alkyl halides is 3. The fourth-order valence-electron chi connectivity index (χ4n) is 0.934. The van der Waals surface area contributed by atoms with Gasteiger partial charge in [0.05, 0.1) is 13.2 Å². The van der Waals surface area contributed by atoms with Crippen LogP contribution in [-0.4, -0.2) is 35.9 Å². The molecule has 0 radical (unpaired) electrons. The monoisotopic (exact) mass is 223 g/mol. The number of imidazole rings is 1. The van der Waals surface area contributed by atoms with Crippen LogP contribution in [0.25, 0.3) is 0 Å². The molecule has 0 bridgehead atoms. The van der Waals surface area contributed by atoms with E-state index in [9.17, 15) is 13.2 Å². The lowest BCUT2D eigenvalue weighted by molar-refractivity contribution is -0.173. The van der Waals surface area contributed by atoms with E-state index in [0.717, 1.165) is 5.82 Å². The average Bonchev–Trinajstić information content (AvgIpc) is 2.61. The van der Waals surface area contributed by atoms with Gasteiger partial charge in [0.25, 0.3) is 0 Å². The van der Waals surface area contributed by atoms with Crippen LogP contribution >= 0.6 is 0 Å². The Morgan fingerprint density at radius 2 is 2.27 bits per heavy atom. The number of nitrogens with one attached hydrogen (secondary N) is 2. The van der Waals surface area contributed by atoms with Gasteiger partial charge in [0, 0.05) is 18.9 Å². The van der Waals surface area contributed by atoms with Crippen molar-refractivity contribution >= 4 is 0 Å². The molecule has 0 aliphatic carbocycles. The van der Waals surface area contributed by atoms with Gasteiger partial charge in [0.1, 0.15) is 12.4 Å². The molecule has 7 heteroatoms. The van der Waals surface area contributed by atoms with Gasteiger partial charge in [-0.3, -0.25) is 0 Å². The highest BCUT2D eigenvalue weighted by atomic mass is 19.4. The van der Waals surface area contributed by atoms with Crippen molar-refractivity contribution < 1.29 is 17.9 Å². The lowest BCUT2D eigenvalue weighted by Gasteiger charge is -2.07. The van der Waals surface area contributed by atoms with E-state index >= 15 is 0 Å². The first kappa shape index (κ1) is 12.0.